The zero-order valence-corrected chi connectivity index (χ0v) is 17.9. The minimum atomic E-state index is -0.110. The van der Waals surface area contributed by atoms with Gasteiger partial charge in [-0.25, -0.2) is 0 Å². The van der Waals surface area contributed by atoms with Gasteiger partial charge in [0.15, 0.2) is 0 Å². The van der Waals surface area contributed by atoms with Crippen LogP contribution in [0.2, 0.25) is 0 Å². The van der Waals surface area contributed by atoms with Gasteiger partial charge in [0.1, 0.15) is 5.75 Å². The molecular formula is C24H41NO3. The molecule has 0 spiro atoms. The van der Waals surface area contributed by atoms with Crippen LogP contribution < -0.4 is 5.32 Å². The summed E-state index contributed by atoms with van der Waals surface area (Å²) in [6.07, 6.45) is 17.1. The summed E-state index contributed by atoms with van der Waals surface area (Å²) in [4.78, 5) is 11.9. The van der Waals surface area contributed by atoms with Crippen molar-refractivity contribution in [2.75, 3.05) is 19.8 Å². The Kier molecular flexibility index (Phi) is 15.3. The Bertz CT molecular complexity index is 487. The first-order valence-electron chi connectivity index (χ1n) is 11.4. The van der Waals surface area contributed by atoms with E-state index in [9.17, 15) is 9.90 Å². The highest BCUT2D eigenvalue weighted by molar-refractivity contribution is 5.94. The van der Waals surface area contributed by atoms with Gasteiger partial charge in [0.25, 0.3) is 5.91 Å². The van der Waals surface area contributed by atoms with Crippen molar-refractivity contribution in [2.45, 2.75) is 90.4 Å². The first kappa shape index (κ1) is 24.5. The number of hydrogen-bond donors (Lipinski definition) is 2. The third-order valence-electron chi connectivity index (χ3n) is 5.02. The van der Waals surface area contributed by atoms with Crippen LogP contribution in [0.1, 0.15) is 101 Å². The van der Waals surface area contributed by atoms with Crippen molar-refractivity contribution in [3.8, 4) is 5.75 Å². The summed E-state index contributed by atoms with van der Waals surface area (Å²) in [5.41, 5.74) is 0.565. The number of aromatic hydroxyl groups is 1. The number of benzene rings is 1. The third-order valence-corrected chi connectivity index (χ3v) is 5.02. The lowest BCUT2D eigenvalue weighted by molar-refractivity contribution is 0.0940. The van der Waals surface area contributed by atoms with Gasteiger partial charge in [-0.1, -0.05) is 77.6 Å². The lowest BCUT2D eigenvalue weighted by Crippen LogP contribution is -2.25. The van der Waals surface area contributed by atoms with E-state index in [4.69, 9.17) is 4.74 Å². The summed E-state index contributed by atoms with van der Waals surface area (Å²) >= 11 is 0. The number of ether oxygens (including phenoxy) is 1. The van der Waals surface area contributed by atoms with Crippen LogP contribution in [0.5, 0.6) is 5.75 Å². The first-order chi connectivity index (χ1) is 13.7. The molecule has 1 aromatic carbocycles. The van der Waals surface area contributed by atoms with E-state index < -0.39 is 0 Å². The number of carbonyl (C=O) groups excluding carboxylic acids is 1. The van der Waals surface area contributed by atoms with Crippen LogP contribution in [0.25, 0.3) is 0 Å². The first-order valence-corrected chi connectivity index (χ1v) is 11.4. The molecule has 0 radical (unpaired) electrons. The van der Waals surface area contributed by atoms with Crippen molar-refractivity contribution >= 4 is 5.91 Å². The molecule has 2 N–H and O–H groups in total. The fraction of sp³-hybridized carbons (Fsp3) is 0.708. The fourth-order valence-corrected chi connectivity index (χ4v) is 3.24. The fourth-order valence-electron chi connectivity index (χ4n) is 3.24. The van der Waals surface area contributed by atoms with Crippen LogP contribution in [0.4, 0.5) is 0 Å². The highest BCUT2D eigenvalue weighted by Gasteiger charge is 2.04. The molecule has 0 saturated heterocycles. The SMILES string of the molecule is CCCCCCCCCCCCCCOCCCNC(=O)c1ccc(O)cc1. The van der Waals surface area contributed by atoms with Gasteiger partial charge >= 0.3 is 0 Å². The number of phenols is 1. The Morgan fingerprint density at radius 2 is 1.29 bits per heavy atom. The number of amides is 1. The molecule has 1 amide bonds. The Morgan fingerprint density at radius 1 is 0.786 bits per heavy atom. The second-order valence-electron chi connectivity index (χ2n) is 7.66. The maximum absolute atomic E-state index is 11.9. The molecule has 0 heterocycles. The zero-order chi connectivity index (χ0) is 20.3. The van der Waals surface area contributed by atoms with Crippen LogP contribution in [0.3, 0.4) is 0 Å². The maximum atomic E-state index is 11.9. The van der Waals surface area contributed by atoms with Crippen molar-refractivity contribution in [2.24, 2.45) is 0 Å². The van der Waals surface area contributed by atoms with E-state index in [0.29, 0.717) is 18.7 Å². The highest BCUT2D eigenvalue weighted by Crippen LogP contribution is 2.12. The minimum Gasteiger partial charge on any atom is -0.508 e. The molecule has 0 aliphatic carbocycles. The third kappa shape index (κ3) is 13.6. The zero-order valence-electron chi connectivity index (χ0n) is 17.9. The molecule has 0 fully saturated rings. The number of carbonyl (C=O) groups is 1. The number of hydrogen-bond acceptors (Lipinski definition) is 3. The van der Waals surface area contributed by atoms with E-state index >= 15 is 0 Å². The van der Waals surface area contributed by atoms with Crippen LogP contribution >= 0.6 is 0 Å². The van der Waals surface area contributed by atoms with Gasteiger partial charge in [-0.3, -0.25) is 4.79 Å². The Morgan fingerprint density at radius 3 is 1.86 bits per heavy atom. The van der Waals surface area contributed by atoms with Crippen molar-refractivity contribution in [1.29, 1.82) is 0 Å². The standard InChI is InChI=1S/C24H41NO3/c1-2-3-4-5-6-7-8-9-10-11-12-13-20-28-21-14-19-25-24(27)22-15-17-23(26)18-16-22/h15-18,26H,2-14,19-21H2,1H3,(H,25,27). The Balaban J connectivity index is 1.78. The average molecular weight is 392 g/mol. The van der Waals surface area contributed by atoms with Crippen molar-refractivity contribution in [3.05, 3.63) is 29.8 Å². The predicted molar refractivity (Wildman–Crippen MR) is 117 cm³/mol. The molecule has 160 valence electrons. The molecule has 0 saturated carbocycles. The molecule has 4 heteroatoms. The second kappa shape index (κ2) is 17.5. The lowest BCUT2D eigenvalue weighted by Gasteiger charge is -2.07. The number of nitrogens with one attached hydrogen (secondary N) is 1. The van der Waals surface area contributed by atoms with Crippen LogP contribution in [-0.4, -0.2) is 30.8 Å². The summed E-state index contributed by atoms with van der Waals surface area (Å²) in [5, 5.41) is 12.1. The lowest BCUT2D eigenvalue weighted by atomic mass is 10.1. The summed E-state index contributed by atoms with van der Waals surface area (Å²) in [6.45, 7) is 4.39. The van der Waals surface area contributed by atoms with E-state index in [2.05, 4.69) is 12.2 Å². The van der Waals surface area contributed by atoms with Crippen LogP contribution in [0, 0.1) is 0 Å². The summed E-state index contributed by atoms with van der Waals surface area (Å²) in [6, 6.07) is 6.28. The molecule has 0 atom stereocenters. The van der Waals surface area contributed by atoms with Crippen molar-refractivity contribution in [3.63, 3.8) is 0 Å². The van der Waals surface area contributed by atoms with Crippen LogP contribution in [-0.2, 0) is 4.74 Å². The number of rotatable bonds is 18. The van der Waals surface area contributed by atoms with Gasteiger partial charge in [0.2, 0.25) is 0 Å². The summed E-state index contributed by atoms with van der Waals surface area (Å²) < 4.78 is 5.64. The Labute approximate surface area is 172 Å². The molecule has 0 aliphatic heterocycles. The maximum Gasteiger partial charge on any atom is 0.251 e. The van der Waals surface area contributed by atoms with Gasteiger partial charge in [0, 0.05) is 25.3 Å². The monoisotopic (exact) mass is 391 g/mol. The summed E-state index contributed by atoms with van der Waals surface area (Å²) in [7, 11) is 0. The average Bonchev–Trinajstić information content (AvgIpc) is 2.70. The van der Waals surface area contributed by atoms with E-state index in [1.807, 2.05) is 0 Å². The molecule has 4 nitrogen and oxygen atoms in total. The van der Waals surface area contributed by atoms with Gasteiger partial charge in [0.05, 0.1) is 0 Å². The van der Waals surface area contributed by atoms with E-state index in [1.165, 1.54) is 82.8 Å². The highest BCUT2D eigenvalue weighted by atomic mass is 16.5. The normalized spacial score (nSPS) is 10.9. The van der Waals surface area contributed by atoms with Gasteiger partial charge in [-0.2, -0.15) is 0 Å². The summed E-state index contributed by atoms with van der Waals surface area (Å²) in [5.74, 6) is 0.0590. The molecule has 1 rings (SSSR count). The van der Waals surface area contributed by atoms with E-state index in [1.54, 1.807) is 12.1 Å². The molecular weight excluding hydrogens is 350 g/mol. The second-order valence-corrected chi connectivity index (χ2v) is 7.66. The molecule has 28 heavy (non-hydrogen) atoms. The predicted octanol–water partition coefficient (Wildman–Crippen LogP) is 6.23. The van der Waals surface area contributed by atoms with Crippen molar-refractivity contribution < 1.29 is 14.6 Å². The van der Waals surface area contributed by atoms with E-state index in [-0.39, 0.29) is 11.7 Å². The molecule has 0 aliphatic rings. The largest absolute Gasteiger partial charge is 0.508 e. The van der Waals surface area contributed by atoms with Crippen molar-refractivity contribution in [1.82, 2.24) is 5.32 Å². The molecule has 0 aromatic heterocycles. The number of unbranched alkanes of at least 4 members (excludes halogenated alkanes) is 11. The topological polar surface area (TPSA) is 58.6 Å². The van der Waals surface area contributed by atoms with Gasteiger partial charge < -0.3 is 15.2 Å². The van der Waals surface area contributed by atoms with Crippen LogP contribution in [0.15, 0.2) is 24.3 Å². The number of phenolic OH excluding ortho intramolecular Hbond substituents is 1. The van der Waals surface area contributed by atoms with Gasteiger partial charge in [-0.15, -0.1) is 0 Å². The van der Waals surface area contributed by atoms with Gasteiger partial charge in [-0.05, 0) is 37.1 Å². The molecule has 0 unspecified atom stereocenters. The molecule has 1 aromatic rings. The molecule has 0 bridgehead atoms. The quantitative estimate of drug-likeness (QED) is 0.292. The smallest absolute Gasteiger partial charge is 0.251 e. The van der Waals surface area contributed by atoms with E-state index in [0.717, 1.165) is 19.4 Å². The Hall–Kier alpha value is -1.55. The minimum absolute atomic E-state index is 0.110.